The molecule has 0 aromatic rings. The molecule has 0 spiro atoms. The summed E-state index contributed by atoms with van der Waals surface area (Å²) in [6.45, 7) is 6.68. The fraction of sp³-hybridized carbons (Fsp3) is 0.900. The van der Waals surface area contributed by atoms with Crippen LogP contribution in [0.15, 0.2) is 0 Å². The summed E-state index contributed by atoms with van der Waals surface area (Å²) in [4.78, 5) is 0. The molecule has 0 aromatic carbocycles. The Morgan fingerprint density at radius 3 is 1.82 bits per heavy atom. The molecule has 64 valence electrons. The maximum absolute atomic E-state index is 8.47. The van der Waals surface area contributed by atoms with Crippen molar-refractivity contribution in [3.8, 4) is 6.07 Å². The Morgan fingerprint density at radius 2 is 1.55 bits per heavy atom. The van der Waals surface area contributed by atoms with Crippen LogP contribution < -0.4 is 0 Å². The van der Waals surface area contributed by atoms with Crippen molar-refractivity contribution in [3.05, 3.63) is 0 Å². The van der Waals surface area contributed by atoms with Crippen LogP contribution in [0.2, 0.25) is 0 Å². The predicted molar refractivity (Wildman–Crippen MR) is 48.2 cm³/mol. The van der Waals surface area contributed by atoms with Gasteiger partial charge in [0.1, 0.15) is 0 Å². The van der Waals surface area contributed by atoms with Crippen molar-refractivity contribution in [1.29, 1.82) is 5.26 Å². The lowest BCUT2D eigenvalue weighted by molar-refractivity contribution is 0.232. The Hall–Kier alpha value is -0.510. The maximum atomic E-state index is 8.47. The third-order valence-corrected chi connectivity index (χ3v) is 3.02. The molecular weight excluding hydrogens is 134 g/mol. The van der Waals surface area contributed by atoms with Gasteiger partial charge in [0.05, 0.1) is 6.07 Å². The van der Waals surface area contributed by atoms with E-state index in [0.29, 0.717) is 5.41 Å². The van der Waals surface area contributed by atoms with Crippen LogP contribution in [0.25, 0.3) is 0 Å². The SMILES string of the molecule is CCC(CC)(CC)CCC#N. The average Bonchev–Trinajstić information content (AvgIpc) is 2.08. The van der Waals surface area contributed by atoms with E-state index in [2.05, 4.69) is 26.8 Å². The summed E-state index contributed by atoms with van der Waals surface area (Å²) in [6.07, 6.45) is 5.42. The van der Waals surface area contributed by atoms with Gasteiger partial charge in [-0.3, -0.25) is 0 Å². The summed E-state index contributed by atoms with van der Waals surface area (Å²) in [7, 11) is 0. The summed E-state index contributed by atoms with van der Waals surface area (Å²) >= 11 is 0. The molecule has 0 N–H and O–H groups in total. The molecule has 0 aliphatic heterocycles. The second-order valence-electron chi connectivity index (χ2n) is 3.22. The standard InChI is InChI=1S/C10H19N/c1-4-10(5-2,6-3)8-7-9-11/h4-8H2,1-3H3. The Labute approximate surface area is 70.4 Å². The van der Waals surface area contributed by atoms with E-state index in [0.717, 1.165) is 12.8 Å². The minimum absolute atomic E-state index is 0.454. The first kappa shape index (κ1) is 10.5. The smallest absolute Gasteiger partial charge is 0.0621 e. The molecule has 0 amide bonds. The first-order valence-electron chi connectivity index (χ1n) is 4.61. The minimum atomic E-state index is 0.454. The number of rotatable bonds is 5. The Kier molecular flexibility index (Phi) is 4.94. The van der Waals surface area contributed by atoms with Gasteiger partial charge in [0.25, 0.3) is 0 Å². The molecule has 0 aromatic heterocycles. The molecule has 1 nitrogen and oxygen atoms in total. The van der Waals surface area contributed by atoms with Gasteiger partial charge in [0, 0.05) is 6.42 Å². The van der Waals surface area contributed by atoms with Crippen LogP contribution in [0.3, 0.4) is 0 Å². The highest BCUT2D eigenvalue weighted by atomic mass is 14.3. The van der Waals surface area contributed by atoms with Gasteiger partial charge in [-0.25, -0.2) is 0 Å². The van der Waals surface area contributed by atoms with Crippen molar-refractivity contribution in [3.63, 3.8) is 0 Å². The van der Waals surface area contributed by atoms with Crippen LogP contribution >= 0.6 is 0 Å². The Balaban J connectivity index is 3.96. The monoisotopic (exact) mass is 153 g/mol. The van der Waals surface area contributed by atoms with Crippen LogP contribution in [-0.2, 0) is 0 Å². The highest BCUT2D eigenvalue weighted by Crippen LogP contribution is 2.34. The van der Waals surface area contributed by atoms with Crippen LogP contribution in [-0.4, -0.2) is 0 Å². The van der Waals surface area contributed by atoms with Gasteiger partial charge < -0.3 is 0 Å². The summed E-state index contributed by atoms with van der Waals surface area (Å²) in [6, 6.07) is 2.23. The zero-order valence-corrected chi connectivity index (χ0v) is 7.98. The van der Waals surface area contributed by atoms with Crippen LogP contribution in [0, 0.1) is 16.7 Å². The molecule has 0 saturated carbocycles. The van der Waals surface area contributed by atoms with Gasteiger partial charge in [0.2, 0.25) is 0 Å². The second kappa shape index (κ2) is 5.18. The van der Waals surface area contributed by atoms with E-state index in [1.165, 1.54) is 19.3 Å². The van der Waals surface area contributed by atoms with Crippen LogP contribution in [0.5, 0.6) is 0 Å². The third-order valence-electron chi connectivity index (χ3n) is 3.02. The molecule has 0 rings (SSSR count). The van der Waals surface area contributed by atoms with Gasteiger partial charge in [-0.1, -0.05) is 40.0 Å². The molecule has 0 bridgehead atoms. The lowest BCUT2D eigenvalue weighted by Crippen LogP contribution is -2.16. The van der Waals surface area contributed by atoms with Crippen molar-refractivity contribution in [2.75, 3.05) is 0 Å². The zero-order chi connectivity index (χ0) is 8.74. The van der Waals surface area contributed by atoms with Crippen molar-refractivity contribution < 1.29 is 0 Å². The number of nitriles is 1. The molecule has 0 radical (unpaired) electrons. The molecule has 0 heterocycles. The maximum Gasteiger partial charge on any atom is 0.0621 e. The van der Waals surface area contributed by atoms with E-state index in [9.17, 15) is 0 Å². The first-order chi connectivity index (χ1) is 5.24. The molecule has 0 atom stereocenters. The second-order valence-corrected chi connectivity index (χ2v) is 3.22. The quantitative estimate of drug-likeness (QED) is 0.593. The summed E-state index contributed by atoms with van der Waals surface area (Å²) in [5.74, 6) is 0. The molecule has 0 fully saturated rings. The van der Waals surface area contributed by atoms with Crippen molar-refractivity contribution >= 4 is 0 Å². The number of nitrogens with zero attached hydrogens (tertiary/aromatic N) is 1. The molecule has 0 aliphatic carbocycles. The summed E-state index contributed by atoms with van der Waals surface area (Å²) in [5, 5.41) is 8.47. The minimum Gasteiger partial charge on any atom is -0.198 e. The van der Waals surface area contributed by atoms with Crippen molar-refractivity contribution in [2.45, 2.75) is 52.9 Å². The fourth-order valence-corrected chi connectivity index (χ4v) is 1.60. The van der Waals surface area contributed by atoms with Gasteiger partial charge >= 0.3 is 0 Å². The van der Waals surface area contributed by atoms with Crippen molar-refractivity contribution in [1.82, 2.24) is 0 Å². The van der Waals surface area contributed by atoms with Gasteiger partial charge in [-0.15, -0.1) is 0 Å². The molecule has 0 aliphatic rings. The highest BCUT2D eigenvalue weighted by molar-refractivity contribution is 4.80. The Morgan fingerprint density at radius 1 is 1.09 bits per heavy atom. The van der Waals surface area contributed by atoms with Crippen molar-refractivity contribution in [2.24, 2.45) is 5.41 Å². The van der Waals surface area contributed by atoms with E-state index in [4.69, 9.17) is 5.26 Å². The molecule has 0 unspecified atom stereocenters. The summed E-state index contributed by atoms with van der Waals surface area (Å²) in [5.41, 5.74) is 0.454. The fourth-order valence-electron chi connectivity index (χ4n) is 1.60. The molecule has 0 saturated heterocycles. The predicted octanol–water partition coefficient (Wildman–Crippen LogP) is 3.51. The number of hydrogen-bond acceptors (Lipinski definition) is 1. The van der Waals surface area contributed by atoms with Gasteiger partial charge in [-0.05, 0) is 11.8 Å². The zero-order valence-electron chi connectivity index (χ0n) is 7.98. The topological polar surface area (TPSA) is 23.8 Å². The summed E-state index contributed by atoms with van der Waals surface area (Å²) < 4.78 is 0. The molecule has 1 heteroatoms. The highest BCUT2D eigenvalue weighted by Gasteiger charge is 2.22. The van der Waals surface area contributed by atoms with Crippen LogP contribution in [0.4, 0.5) is 0 Å². The van der Waals surface area contributed by atoms with E-state index in [-0.39, 0.29) is 0 Å². The normalized spacial score (nSPS) is 11.1. The first-order valence-corrected chi connectivity index (χ1v) is 4.61. The molecule has 11 heavy (non-hydrogen) atoms. The van der Waals surface area contributed by atoms with Gasteiger partial charge in [-0.2, -0.15) is 5.26 Å². The Bertz CT molecular complexity index is 120. The van der Waals surface area contributed by atoms with E-state index in [1.54, 1.807) is 0 Å². The van der Waals surface area contributed by atoms with E-state index >= 15 is 0 Å². The average molecular weight is 153 g/mol. The lowest BCUT2D eigenvalue weighted by Gasteiger charge is -2.29. The number of hydrogen-bond donors (Lipinski definition) is 0. The van der Waals surface area contributed by atoms with E-state index in [1.807, 2.05) is 0 Å². The lowest BCUT2D eigenvalue weighted by atomic mass is 9.76. The third kappa shape index (κ3) is 2.93. The molecular formula is C10H19N. The van der Waals surface area contributed by atoms with Crippen LogP contribution in [0.1, 0.15) is 52.9 Å². The van der Waals surface area contributed by atoms with Gasteiger partial charge in [0.15, 0.2) is 0 Å². The largest absolute Gasteiger partial charge is 0.198 e. The van der Waals surface area contributed by atoms with E-state index < -0.39 is 0 Å².